The SMILES string of the molecule is CCCCC1C(C)CC1C. The van der Waals surface area contributed by atoms with Gasteiger partial charge in [0.25, 0.3) is 0 Å². The van der Waals surface area contributed by atoms with Crippen LogP contribution in [-0.4, -0.2) is 0 Å². The smallest absolute Gasteiger partial charge is 0.0362 e. The van der Waals surface area contributed by atoms with Crippen molar-refractivity contribution in [2.24, 2.45) is 17.8 Å². The van der Waals surface area contributed by atoms with Crippen molar-refractivity contribution in [3.8, 4) is 0 Å². The van der Waals surface area contributed by atoms with E-state index in [1.165, 1.54) is 25.7 Å². The quantitative estimate of drug-likeness (QED) is 0.563. The molecule has 0 aromatic rings. The lowest BCUT2D eigenvalue weighted by Crippen LogP contribution is -2.32. The van der Waals surface area contributed by atoms with E-state index in [4.69, 9.17) is 0 Å². The number of unbranched alkanes of at least 4 members (excludes halogenated alkanes) is 1. The van der Waals surface area contributed by atoms with Gasteiger partial charge < -0.3 is 0 Å². The predicted octanol–water partition coefficient (Wildman–Crippen LogP) is 3.47. The lowest BCUT2D eigenvalue weighted by atomic mass is 9.65. The van der Waals surface area contributed by atoms with Crippen LogP contribution in [-0.2, 0) is 0 Å². The molecule has 0 heteroatoms. The summed E-state index contributed by atoms with van der Waals surface area (Å²) in [5.74, 6) is 3.13. The molecular formula is C10H20. The summed E-state index contributed by atoms with van der Waals surface area (Å²) < 4.78 is 0. The van der Waals surface area contributed by atoms with Crippen LogP contribution >= 0.6 is 0 Å². The molecule has 0 nitrogen and oxygen atoms in total. The number of rotatable bonds is 3. The Hall–Kier alpha value is 0. The zero-order chi connectivity index (χ0) is 7.56. The molecule has 0 saturated heterocycles. The summed E-state index contributed by atoms with van der Waals surface area (Å²) in [5, 5.41) is 0. The summed E-state index contributed by atoms with van der Waals surface area (Å²) in [4.78, 5) is 0. The molecule has 0 spiro atoms. The van der Waals surface area contributed by atoms with Crippen LogP contribution in [0, 0.1) is 17.8 Å². The predicted molar refractivity (Wildman–Crippen MR) is 46.0 cm³/mol. The molecule has 2 unspecified atom stereocenters. The van der Waals surface area contributed by atoms with Gasteiger partial charge in [0.2, 0.25) is 0 Å². The molecular weight excluding hydrogens is 120 g/mol. The summed E-state index contributed by atoms with van der Waals surface area (Å²) in [6.45, 7) is 7.09. The second kappa shape index (κ2) is 3.41. The van der Waals surface area contributed by atoms with Gasteiger partial charge in [0.05, 0.1) is 0 Å². The van der Waals surface area contributed by atoms with E-state index in [0.29, 0.717) is 0 Å². The Morgan fingerprint density at radius 3 is 2.20 bits per heavy atom. The lowest BCUT2D eigenvalue weighted by Gasteiger charge is -2.41. The minimum absolute atomic E-state index is 1.03. The molecule has 10 heavy (non-hydrogen) atoms. The number of hydrogen-bond donors (Lipinski definition) is 0. The fourth-order valence-electron chi connectivity index (χ4n) is 2.31. The van der Waals surface area contributed by atoms with Crippen molar-refractivity contribution in [1.29, 1.82) is 0 Å². The fourth-order valence-corrected chi connectivity index (χ4v) is 2.31. The molecule has 1 saturated carbocycles. The first-order valence-corrected chi connectivity index (χ1v) is 4.75. The molecule has 1 rings (SSSR count). The van der Waals surface area contributed by atoms with Crippen LogP contribution in [0.3, 0.4) is 0 Å². The van der Waals surface area contributed by atoms with Crippen LogP contribution in [0.15, 0.2) is 0 Å². The monoisotopic (exact) mass is 140 g/mol. The maximum absolute atomic E-state index is 2.40. The third-order valence-electron chi connectivity index (χ3n) is 3.10. The largest absolute Gasteiger partial charge is 0.0654 e. The van der Waals surface area contributed by atoms with Gasteiger partial charge in [-0.1, -0.05) is 33.6 Å². The minimum atomic E-state index is 1.03. The van der Waals surface area contributed by atoms with Crippen molar-refractivity contribution < 1.29 is 0 Å². The normalized spacial score (nSPS) is 39.3. The summed E-state index contributed by atoms with van der Waals surface area (Å²) in [5.41, 5.74) is 0. The Balaban J connectivity index is 2.14. The van der Waals surface area contributed by atoms with Crippen molar-refractivity contribution in [1.82, 2.24) is 0 Å². The molecule has 1 fully saturated rings. The maximum Gasteiger partial charge on any atom is -0.0362 e. The molecule has 0 aromatic heterocycles. The number of hydrogen-bond acceptors (Lipinski definition) is 0. The van der Waals surface area contributed by atoms with Gasteiger partial charge in [-0.2, -0.15) is 0 Å². The van der Waals surface area contributed by atoms with Gasteiger partial charge >= 0.3 is 0 Å². The molecule has 0 heterocycles. The van der Waals surface area contributed by atoms with E-state index in [0.717, 1.165) is 17.8 Å². The topological polar surface area (TPSA) is 0 Å². The molecule has 0 bridgehead atoms. The Labute approximate surface area is 65.0 Å². The van der Waals surface area contributed by atoms with Gasteiger partial charge in [0.15, 0.2) is 0 Å². The zero-order valence-corrected chi connectivity index (χ0v) is 7.56. The van der Waals surface area contributed by atoms with Gasteiger partial charge in [0.1, 0.15) is 0 Å². The van der Waals surface area contributed by atoms with Crippen LogP contribution in [0.1, 0.15) is 46.5 Å². The van der Waals surface area contributed by atoms with Gasteiger partial charge in [0, 0.05) is 0 Å². The second-order valence-corrected chi connectivity index (χ2v) is 4.00. The summed E-state index contributed by atoms with van der Waals surface area (Å²) in [6.07, 6.45) is 5.78. The third kappa shape index (κ3) is 1.53. The van der Waals surface area contributed by atoms with Crippen molar-refractivity contribution in [3.05, 3.63) is 0 Å². The molecule has 1 aliphatic rings. The van der Waals surface area contributed by atoms with Crippen LogP contribution in [0.2, 0.25) is 0 Å². The highest BCUT2D eigenvalue weighted by atomic mass is 14.4. The first-order chi connectivity index (χ1) is 4.75. The highest BCUT2D eigenvalue weighted by Gasteiger charge is 2.33. The van der Waals surface area contributed by atoms with Gasteiger partial charge in [-0.3, -0.25) is 0 Å². The average molecular weight is 140 g/mol. The molecule has 0 radical (unpaired) electrons. The van der Waals surface area contributed by atoms with Crippen molar-refractivity contribution in [3.63, 3.8) is 0 Å². The van der Waals surface area contributed by atoms with Crippen LogP contribution in [0.25, 0.3) is 0 Å². The molecule has 0 aliphatic heterocycles. The van der Waals surface area contributed by atoms with Crippen LogP contribution in [0.4, 0.5) is 0 Å². The van der Waals surface area contributed by atoms with E-state index in [1.54, 1.807) is 0 Å². The van der Waals surface area contributed by atoms with Gasteiger partial charge in [-0.05, 0) is 30.6 Å². The van der Waals surface area contributed by atoms with Crippen molar-refractivity contribution in [2.45, 2.75) is 46.5 Å². The summed E-state index contributed by atoms with van der Waals surface area (Å²) >= 11 is 0. The Morgan fingerprint density at radius 1 is 1.20 bits per heavy atom. The van der Waals surface area contributed by atoms with Crippen molar-refractivity contribution >= 4 is 0 Å². The molecule has 0 aromatic carbocycles. The maximum atomic E-state index is 2.40. The highest BCUT2D eigenvalue weighted by Crippen LogP contribution is 2.42. The summed E-state index contributed by atoms with van der Waals surface area (Å²) in [7, 11) is 0. The van der Waals surface area contributed by atoms with Crippen LogP contribution < -0.4 is 0 Å². The minimum Gasteiger partial charge on any atom is -0.0654 e. The second-order valence-electron chi connectivity index (χ2n) is 4.00. The molecule has 0 N–H and O–H groups in total. The summed E-state index contributed by atoms with van der Waals surface area (Å²) in [6, 6.07) is 0. The standard InChI is InChI=1S/C10H20/c1-4-5-6-10-8(2)7-9(10)3/h8-10H,4-7H2,1-3H3. The lowest BCUT2D eigenvalue weighted by molar-refractivity contribution is 0.0902. The van der Waals surface area contributed by atoms with Crippen LogP contribution in [0.5, 0.6) is 0 Å². The van der Waals surface area contributed by atoms with Gasteiger partial charge in [-0.25, -0.2) is 0 Å². The Bertz CT molecular complexity index is 88.2. The van der Waals surface area contributed by atoms with E-state index in [1.807, 2.05) is 0 Å². The first-order valence-electron chi connectivity index (χ1n) is 4.75. The average Bonchev–Trinajstić information content (AvgIpc) is 1.89. The van der Waals surface area contributed by atoms with E-state index in [9.17, 15) is 0 Å². The van der Waals surface area contributed by atoms with E-state index < -0.39 is 0 Å². The molecule has 1 aliphatic carbocycles. The zero-order valence-electron chi connectivity index (χ0n) is 7.56. The molecule has 60 valence electrons. The van der Waals surface area contributed by atoms with Crippen molar-refractivity contribution in [2.75, 3.05) is 0 Å². The Kier molecular flexibility index (Phi) is 2.76. The fraction of sp³-hybridized carbons (Fsp3) is 1.00. The van der Waals surface area contributed by atoms with E-state index in [-0.39, 0.29) is 0 Å². The third-order valence-corrected chi connectivity index (χ3v) is 3.10. The van der Waals surface area contributed by atoms with E-state index >= 15 is 0 Å². The Morgan fingerprint density at radius 2 is 1.80 bits per heavy atom. The molecule has 2 atom stereocenters. The van der Waals surface area contributed by atoms with E-state index in [2.05, 4.69) is 20.8 Å². The first kappa shape index (κ1) is 8.10. The highest BCUT2D eigenvalue weighted by molar-refractivity contribution is 4.83. The van der Waals surface area contributed by atoms with Gasteiger partial charge in [-0.15, -0.1) is 0 Å². The molecule has 0 amide bonds.